The molecule has 5 unspecified atom stereocenters. The Balaban J connectivity index is 1.84. The third kappa shape index (κ3) is 3.73. The fourth-order valence-corrected chi connectivity index (χ4v) is 3.74. The van der Waals surface area contributed by atoms with E-state index in [2.05, 4.69) is 26.3 Å². The van der Waals surface area contributed by atoms with Crippen LogP contribution in [0.25, 0.3) is 22.3 Å². The first-order valence-electron chi connectivity index (χ1n) is 9.25. The van der Waals surface area contributed by atoms with Crippen molar-refractivity contribution >= 4 is 26.8 Å². The van der Waals surface area contributed by atoms with Gasteiger partial charge in [-0.2, -0.15) is 0 Å². The van der Waals surface area contributed by atoms with Gasteiger partial charge >= 0.3 is 0 Å². The van der Waals surface area contributed by atoms with Gasteiger partial charge in [-0.25, -0.2) is 9.66 Å². The van der Waals surface area contributed by atoms with E-state index in [0.717, 1.165) is 9.15 Å². The summed E-state index contributed by atoms with van der Waals surface area (Å²) in [5.41, 5.74) is 3.43. The molecule has 30 heavy (non-hydrogen) atoms. The average Bonchev–Trinajstić information content (AvgIpc) is 2.76. The largest absolute Gasteiger partial charge is 0.394 e. The fourth-order valence-electron chi connectivity index (χ4n) is 3.39. The molecule has 1 aliphatic rings. The molecule has 4 rings (SSSR count). The Kier molecular flexibility index (Phi) is 5.87. The van der Waals surface area contributed by atoms with Crippen LogP contribution in [0.1, 0.15) is 0 Å². The monoisotopic (exact) mass is 477 g/mol. The van der Waals surface area contributed by atoms with Crippen LogP contribution in [-0.2, 0) is 4.74 Å². The van der Waals surface area contributed by atoms with Gasteiger partial charge in [0.15, 0.2) is 12.1 Å². The van der Waals surface area contributed by atoms with E-state index in [1.165, 1.54) is 0 Å². The van der Waals surface area contributed by atoms with Crippen LogP contribution in [0.4, 0.5) is 0 Å². The maximum Gasteiger partial charge on any atom is 0.280 e. The van der Waals surface area contributed by atoms with Crippen molar-refractivity contribution in [1.82, 2.24) is 9.66 Å². The quantitative estimate of drug-likeness (QED) is 0.358. The molecule has 2 heterocycles. The fraction of sp³-hybridized carbons (Fsp3) is 0.300. The highest BCUT2D eigenvalue weighted by Crippen LogP contribution is 2.23. The van der Waals surface area contributed by atoms with E-state index < -0.39 is 42.8 Å². The average molecular weight is 478 g/mol. The van der Waals surface area contributed by atoms with Gasteiger partial charge in [-0.15, -0.1) is 0 Å². The van der Waals surface area contributed by atoms with Crippen molar-refractivity contribution in [1.29, 1.82) is 0 Å². The molecule has 0 saturated carbocycles. The second-order valence-electron chi connectivity index (χ2n) is 6.98. The number of nitrogens with zero attached hydrogens (tertiary/aromatic N) is 2. The molecule has 1 aromatic heterocycles. The number of hydrogen-bond acceptors (Lipinski definition) is 8. The number of nitrogens with one attached hydrogen (secondary N) is 1. The van der Waals surface area contributed by atoms with Crippen LogP contribution in [0.2, 0.25) is 0 Å². The number of rotatable bonds is 4. The van der Waals surface area contributed by atoms with Gasteiger partial charge in [-0.1, -0.05) is 46.3 Å². The summed E-state index contributed by atoms with van der Waals surface area (Å²) in [5, 5.41) is 40.2. The van der Waals surface area contributed by atoms with E-state index in [9.17, 15) is 25.2 Å². The molecular weight excluding hydrogens is 458 g/mol. The number of ether oxygens (including phenoxy) is 1. The van der Waals surface area contributed by atoms with E-state index in [0.29, 0.717) is 16.5 Å². The Morgan fingerprint density at radius 1 is 1.07 bits per heavy atom. The first-order valence-corrected chi connectivity index (χ1v) is 10.0. The molecule has 3 aromatic rings. The number of benzene rings is 2. The summed E-state index contributed by atoms with van der Waals surface area (Å²) in [6.07, 6.45) is -7.02. The highest BCUT2D eigenvalue weighted by Gasteiger charge is 2.44. The second kappa shape index (κ2) is 8.42. The molecule has 0 amide bonds. The summed E-state index contributed by atoms with van der Waals surface area (Å²) < 4.78 is 7.40. The van der Waals surface area contributed by atoms with Crippen molar-refractivity contribution in [3.63, 3.8) is 0 Å². The predicted octanol–water partition coefficient (Wildman–Crippen LogP) is 0.169. The van der Waals surface area contributed by atoms with Crippen LogP contribution in [0, 0.1) is 0 Å². The van der Waals surface area contributed by atoms with Crippen LogP contribution in [0.5, 0.6) is 0 Å². The molecule has 1 saturated heterocycles. The molecule has 5 N–H and O–H groups in total. The number of aliphatic hydroxyl groups is 4. The van der Waals surface area contributed by atoms with Crippen LogP contribution in [-0.4, -0.2) is 67.3 Å². The Bertz CT molecular complexity index is 1110. The molecule has 0 spiro atoms. The molecule has 0 radical (unpaired) electrons. The van der Waals surface area contributed by atoms with E-state index >= 15 is 0 Å². The highest BCUT2D eigenvalue weighted by atomic mass is 79.9. The number of aromatic nitrogens is 2. The van der Waals surface area contributed by atoms with E-state index in [1.54, 1.807) is 42.5 Å². The van der Waals surface area contributed by atoms with Gasteiger partial charge in [0.1, 0.15) is 24.4 Å². The maximum absolute atomic E-state index is 13.3. The molecule has 0 aliphatic carbocycles. The molecule has 1 fully saturated rings. The minimum atomic E-state index is -1.58. The maximum atomic E-state index is 13.3. The predicted molar refractivity (Wildman–Crippen MR) is 112 cm³/mol. The number of aliphatic hydroxyl groups excluding tert-OH is 4. The zero-order valence-electron chi connectivity index (χ0n) is 15.6. The standard InChI is InChI=1S/C20H20BrN3O6/c21-11-6-7-12-13(8-11)22-18(10-4-2-1-3-5-10)24(20(12)29)23-19-17(28)16(27)15(26)14(9-25)30-19/h1-8,14-17,19,23,25-28H,9H2. The van der Waals surface area contributed by atoms with Crippen LogP contribution >= 0.6 is 15.9 Å². The van der Waals surface area contributed by atoms with Crippen molar-refractivity contribution < 1.29 is 25.2 Å². The zero-order chi connectivity index (χ0) is 21.4. The van der Waals surface area contributed by atoms with Gasteiger partial charge in [-0.05, 0) is 18.2 Å². The summed E-state index contributed by atoms with van der Waals surface area (Å²) in [5.74, 6) is 0.267. The Labute approximate surface area is 179 Å². The summed E-state index contributed by atoms with van der Waals surface area (Å²) in [7, 11) is 0. The van der Waals surface area contributed by atoms with Gasteiger partial charge in [-0.3, -0.25) is 10.2 Å². The molecule has 1 aliphatic heterocycles. The second-order valence-corrected chi connectivity index (χ2v) is 7.90. The van der Waals surface area contributed by atoms with Crippen molar-refractivity contribution in [3.8, 4) is 11.4 Å². The lowest BCUT2D eigenvalue weighted by Gasteiger charge is -2.40. The van der Waals surface area contributed by atoms with Crippen molar-refractivity contribution in [2.45, 2.75) is 30.6 Å². The van der Waals surface area contributed by atoms with Gasteiger partial charge in [0, 0.05) is 10.0 Å². The molecule has 5 atom stereocenters. The lowest BCUT2D eigenvalue weighted by molar-refractivity contribution is -0.224. The number of halogens is 1. The minimum absolute atomic E-state index is 0.267. The Hall–Kier alpha value is -2.34. The minimum Gasteiger partial charge on any atom is -0.394 e. The van der Waals surface area contributed by atoms with E-state index in [1.807, 2.05) is 6.07 Å². The third-order valence-corrected chi connectivity index (χ3v) is 5.51. The summed E-state index contributed by atoms with van der Waals surface area (Å²) in [6, 6.07) is 14.0. The van der Waals surface area contributed by atoms with Gasteiger partial charge < -0.3 is 25.2 Å². The topological polar surface area (TPSA) is 137 Å². The summed E-state index contributed by atoms with van der Waals surface area (Å²) in [4.78, 5) is 17.9. The van der Waals surface area contributed by atoms with Crippen LogP contribution in [0.3, 0.4) is 0 Å². The molecular formula is C20H20BrN3O6. The normalized spacial score (nSPS) is 26.6. The van der Waals surface area contributed by atoms with Crippen molar-refractivity contribution in [2.75, 3.05) is 12.0 Å². The smallest absolute Gasteiger partial charge is 0.280 e. The first kappa shape index (κ1) is 20.9. The number of hydrogen-bond donors (Lipinski definition) is 5. The molecule has 2 aromatic carbocycles. The molecule has 9 nitrogen and oxygen atoms in total. The van der Waals surface area contributed by atoms with Crippen molar-refractivity contribution in [2.24, 2.45) is 0 Å². The first-order chi connectivity index (χ1) is 14.4. The van der Waals surface area contributed by atoms with Crippen molar-refractivity contribution in [3.05, 3.63) is 63.4 Å². The van der Waals surface area contributed by atoms with Crippen LogP contribution < -0.4 is 11.0 Å². The molecule has 10 heteroatoms. The van der Waals surface area contributed by atoms with Crippen LogP contribution in [0.15, 0.2) is 57.8 Å². The van der Waals surface area contributed by atoms with Gasteiger partial charge in [0.2, 0.25) is 0 Å². The number of fused-ring (bicyclic) bond motifs is 1. The SMILES string of the molecule is O=c1c2ccc(Br)cc2nc(-c2ccccc2)n1NC1OC(CO)C(O)C(O)C1O. The zero-order valence-corrected chi connectivity index (χ0v) is 17.2. The Morgan fingerprint density at radius 3 is 2.50 bits per heavy atom. The molecule has 158 valence electrons. The van der Waals surface area contributed by atoms with E-state index in [4.69, 9.17) is 4.74 Å². The van der Waals surface area contributed by atoms with Gasteiger partial charge in [0.25, 0.3) is 5.56 Å². The molecule has 0 bridgehead atoms. The lowest BCUT2D eigenvalue weighted by Crippen LogP contribution is -2.62. The van der Waals surface area contributed by atoms with E-state index in [-0.39, 0.29) is 5.82 Å². The summed E-state index contributed by atoms with van der Waals surface area (Å²) in [6.45, 7) is -0.576. The summed E-state index contributed by atoms with van der Waals surface area (Å²) >= 11 is 3.38. The Morgan fingerprint density at radius 2 is 1.80 bits per heavy atom. The lowest BCUT2D eigenvalue weighted by atomic mass is 9.99. The van der Waals surface area contributed by atoms with Gasteiger partial charge in [0.05, 0.1) is 17.5 Å². The third-order valence-electron chi connectivity index (χ3n) is 5.01. The highest BCUT2D eigenvalue weighted by molar-refractivity contribution is 9.10.